The summed E-state index contributed by atoms with van der Waals surface area (Å²) in [6.45, 7) is 1.40. The first-order valence-electron chi connectivity index (χ1n) is 8.52. The van der Waals surface area contributed by atoms with Gasteiger partial charge >= 0.3 is 0 Å². The smallest absolute Gasteiger partial charge is 0.257 e. The van der Waals surface area contributed by atoms with E-state index >= 15 is 0 Å². The fraction of sp³-hybridized carbons (Fsp3) is 0.0476. The molecule has 3 amide bonds. The van der Waals surface area contributed by atoms with Crippen LogP contribution in [0.4, 0.5) is 17.1 Å². The molecule has 0 bridgehead atoms. The summed E-state index contributed by atoms with van der Waals surface area (Å²) in [7, 11) is 0. The Bertz CT molecular complexity index is 1020. The lowest BCUT2D eigenvalue weighted by molar-refractivity contribution is -0.114. The zero-order valence-corrected chi connectivity index (χ0v) is 15.1. The van der Waals surface area contributed by atoms with E-state index in [2.05, 4.69) is 20.9 Å². The number of nitrogens with one attached hydrogen (secondary N) is 3. The number of nitrogens with zero attached hydrogens (tertiary/aromatic N) is 1. The molecule has 0 spiro atoms. The molecule has 3 N–H and O–H groups in total. The van der Waals surface area contributed by atoms with E-state index < -0.39 is 0 Å². The van der Waals surface area contributed by atoms with Crippen molar-refractivity contribution in [3.05, 3.63) is 84.2 Å². The van der Waals surface area contributed by atoms with Crippen molar-refractivity contribution in [2.24, 2.45) is 0 Å². The number of rotatable bonds is 5. The highest BCUT2D eigenvalue weighted by Crippen LogP contribution is 2.23. The van der Waals surface area contributed by atoms with Crippen molar-refractivity contribution >= 4 is 34.8 Å². The number of para-hydroxylation sites is 2. The first-order valence-corrected chi connectivity index (χ1v) is 8.52. The van der Waals surface area contributed by atoms with Crippen molar-refractivity contribution in [1.82, 2.24) is 4.98 Å². The molecule has 140 valence electrons. The van der Waals surface area contributed by atoms with Crippen LogP contribution < -0.4 is 16.0 Å². The minimum absolute atomic E-state index is 0.221. The Kier molecular flexibility index (Phi) is 5.76. The van der Waals surface area contributed by atoms with Gasteiger partial charge in [-0.25, -0.2) is 0 Å². The van der Waals surface area contributed by atoms with Gasteiger partial charge in [-0.1, -0.05) is 18.2 Å². The molecule has 1 heterocycles. The predicted octanol–water partition coefficient (Wildman–Crippen LogP) is 3.54. The van der Waals surface area contributed by atoms with Crippen LogP contribution in [0.2, 0.25) is 0 Å². The molecule has 1 aromatic heterocycles. The number of hydrogen-bond acceptors (Lipinski definition) is 4. The van der Waals surface area contributed by atoms with Gasteiger partial charge in [0.1, 0.15) is 0 Å². The third kappa shape index (κ3) is 4.79. The molecular formula is C21H18N4O3. The van der Waals surface area contributed by atoms with Crippen molar-refractivity contribution in [1.29, 1.82) is 0 Å². The van der Waals surface area contributed by atoms with Crippen LogP contribution in [0.15, 0.2) is 73.1 Å². The lowest BCUT2D eigenvalue weighted by Crippen LogP contribution is -2.17. The maximum Gasteiger partial charge on any atom is 0.257 e. The Morgan fingerprint density at radius 1 is 0.750 bits per heavy atom. The molecule has 0 aliphatic carbocycles. The van der Waals surface area contributed by atoms with Gasteiger partial charge in [-0.05, 0) is 42.5 Å². The molecule has 3 rings (SSSR count). The van der Waals surface area contributed by atoms with Crippen LogP contribution in [-0.4, -0.2) is 22.7 Å². The summed E-state index contributed by atoms with van der Waals surface area (Å²) >= 11 is 0. The maximum atomic E-state index is 12.6. The van der Waals surface area contributed by atoms with E-state index in [0.29, 0.717) is 28.2 Å². The second-order valence-corrected chi connectivity index (χ2v) is 5.96. The van der Waals surface area contributed by atoms with E-state index in [1.165, 1.54) is 13.1 Å². The fourth-order valence-corrected chi connectivity index (χ4v) is 2.53. The Morgan fingerprint density at radius 3 is 2.00 bits per heavy atom. The predicted molar refractivity (Wildman–Crippen MR) is 107 cm³/mol. The number of carbonyl (C=O) groups excluding carboxylic acids is 3. The van der Waals surface area contributed by atoms with E-state index in [4.69, 9.17) is 0 Å². The Balaban J connectivity index is 1.77. The van der Waals surface area contributed by atoms with Gasteiger partial charge < -0.3 is 16.0 Å². The largest absolute Gasteiger partial charge is 0.326 e. The van der Waals surface area contributed by atoms with Crippen molar-refractivity contribution in [3.63, 3.8) is 0 Å². The summed E-state index contributed by atoms with van der Waals surface area (Å²) in [5.74, 6) is -0.918. The molecule has 0 atom stereocenters. The quantitative estimate of drug-likeness (QED) is 0.636. The van der Waals surface area contributed by atoms with Crippen LogP contribution in [0, 0.1) is 0 Å². The minimum atomic E-state index is -0.365. The Morgan fingerprint density at radius 2 is 1.39 bits per heavy atom. The van der Waals surface area contributed by atoms with Crippen LogP contribution in [0.3, 0.4) is 0 Å². The zero-order valence-electron chi connectivity index (χ0n) is 15.1. The normalized spacial score (nSPS) is 10.0. The molecule has 0 saturated carbocycles. The van der Waals surface area contributed by atoms with Crippen LogP contribution in [0.5, 0.6) is 0 Å². The van der Waals surface area contributed by atoms with Crippen molar-refractivity contribution < 1.29 is 14.4 Å². The highest BCUT2D eigenvalue weighted by Gasteiger charge is 2.12. The van der Waals surface area contributed by atoms with Crippen molar-refractivity contribution in [3.8, 4) is 0 Å². The van der Waals surface area contributed by atoms with Crippen molar-refractivity contribution in [2.75, 3.05) is 16.0 Å². The molecule has 3 aromatic rings. The number of aromatic nitrogens is 1. The number of hydrogen-bond donors (Lipinski definition) is 3. The molecular weight excluding hydrogens is 356 g/mol. The number of carbonyl (C=O) groups is 3. The van der Waals surface area contributed by atoms with Gasteiger partial charge in [-0.15, -0.1) is 0 Å². The molecule has 0 aliphatic rings. The minimum Gasteiger partial charge on any atom is -0.326 e. The Hall–Kier alpha value is -4.00. The van der Waals surface area contributed by atoms with E-state index in [1.807, 2.05) is 0 Å². The van der Waals surface area contributed by atoms with E-state index in [0.717, 1.165) is 0 Å². The molecule has 0 unspecified atom stereocenters. The van der Waals surface area contributed by atoms with Gasteiger partial charge in [0.15, 0.2) is 0 Å². The molecule has 0 saturated heterocycles. The Labute approximate surface area is 161 Å². The highest BCUT2D eigenvalue weighted by molar-refractivity contribution is 6.10. The summed E-state index contributed by atoms with van der Waals surface area (Å²) in [5, 5.41) is 8.19. The summed E-state index contributed by atoms with van der Waals surface area (Å²) in [6.07, 6.45) is 3.05. The first kappa shape index (κ1) is 18.8. The zero-order chi connectivity index (χ0) is 19.9. The SMILES string of the molecule is CC(=O)Nc1cccc(C(=O)Nc2ccccc2NC(=O)c2cccnc2)c1. The third-order valence-electron chi connectivity index (χ3n) is 3.79. The van der Waals surface area contributed by atoms with Crippen molar-refractivity contribution in [2.45, 2.75) is 6.92 Å². The average molecular weight is 374 g/mol. The summed E-state index contributed by atoms with van der Waals surface area (Å²) in [6, 6.07) is 16.8. The average Bonchev–Trinajstić information content (AvgIpc) is 2.70. The van der Waals surface area contributed by atoms with E-state index in [1.54, 1.807) is 66.9 Å². The lowest BCUT2D eigenvalue weighted by Gasteiger charge is -2.13. The molecule has 28 heavy (non-hydrogen) atoms. The second-order valence-electron chi connectivity index (χ2n) is 5.96. The van der Waals surface area contributed by atoms with Gasteiger partial charge in [0.25, 0.3) is 11.8 Å². The second kappa shape index (κ2) is 8.59. The topological polar surface area (TPSA) is 100 Å². The monoisotopic (exact) mass is 374 g/mol. The number of benzene rings is 2. The lowest BCUT2D eigenvalue weighted by atomic mass is 10.1. The fourth-order valence-electron chi connectivity index (χ4n) is 2.53. The molecule has 0 aliphatic heterocycles. The van der Waals surface area contributed by atoms with Gasteiger partial charge in [0.2, 0.25) is 5.91 Å². The number of anilines is 3. The van der Waals surface area contributed by atoms with E-state index in [-0.39, 0.29) is 17.7 Å². The van der Waals surface area contributed by atoms with Crippen LogP contribution >= 0.6 is 0 Å². The van der Waals surface area contributed by atoms with Gasteiger partial charge in [0, 0.05) is 30.6 Å². The third-order valence-corrected chi connectivity index (χ3v) is 3.79. The molecule has 0 fully saturated rings. The first-order chi connectivity index (χ1) is 13.5. The van der Waals surface area contributed by atoms with Gasteiger partial charge in [0.05, 0.1) is 16.9 Å². The standard InChI is InChI=1S/C21H18N4O3/c1-14(26)23-17-8-4-6-15(12-17)20(27)24-18-9-2-3-10-19(18)25-21(28)16-7-5-11-22-13-16/h2-13H,1H3,(H,23,26)(H,24,27)(H,25,28). The summed E-state index contributed by atoms with van der Waals surface area (Å²) < 4.78 is 0. The highest BCUT2D eigenvalue weighted by atomic mass is 16.2. The van der Waals surface area contributed by atoms with Crippen LogP contribution in [0.25, 0.3) is 0 Å². The molecule has 7 nitrogen and oxygen atoms in total. The summed E-state index contributed by atoms with van der Waals surface area (Å²) in [5.41, 5.74) is 2.22. The number of amides is 3. The summed E-state index contributed by atoms with van der Waals surface area (Å²) in [4.78, 5) is 40.1. The molecule has 7 heteroatoms. The molecule has 0 radical (unpaired) electrons. The van der Waals surface area contributed by atoms with Crippen LogP contribution in [0.1, 0.15) is 27.6 Å². The maximum absolute atomic E-state index is 12.6. The number of pyridine rings is 1. The van der Waals surface area contributed by atoms with Crippen LogP contribution in [-0.2, 0) is 4.79 Å². The van der Waals surface area contributed by atoms with Gasteiger partial charge in [-0.3, -0.25) is 19.4 Å². The van der Waals surface area contributed by atoms with E-state index in [9.17, 15) is 14.4 Å². The molecule has 2 aromatic carbocycles. The van der Waals surface area contributed by atoms with Gasteiger partial charge in [-0.2, -0.15) is 0 Å².